The highest BCUT2D eigenvalue weighted by Gasteiger charge is 2.52. The number of hydrogen-bond acceptors (Lipinski definition) is 4. The molecule has 2 aliphatic rings. The van der Waals surface area contributed by atoms with Gasteiger partial charge < -0.3 is 21.1 Å². The van der Waals surface area contributed by atoms with Gasteiger partial charge in [-0.2, -0.15) is 0 Å². The molecule has 16 heavy (non-hydrogen) atoms. The molecular formula is C11H19N3O2. The molecule has 1 amide bonds. The quantitative estimate of drug-likeness (QED) is 0.586. The summed E-state index contributed by atoms with van der Waals surface area (Å²) in [5.74, 6) is -0.496. The lowest BCUT2D eigenvalue weighted by Gasteiger charge is -2.54. The fourth-order valence-electron chi connectivity index (χ4n) is 2.77. The molecule has 0 aliphatic carbocycles. The molecule has 0 aromatic carbocycles. The lowest BCUT2D eigenvalue weighted by atomic mass is 9.82. The summed E-state index contributed by atoms with van der Waals surface area (Å²) < 4.78 is 0. The van der Waals surface area contributed by atoms with Gasteiger partial charge in [0.2, 0.25) is 5.91 Å². The van der Waals surface area contributed by atoms with Gasteiger partial charge in [-0.1, -0.05) is 6.58 Å². The topological polar surface area (TPSA) is 78.6 Å². The lowest BCUT2D eigenvalue weighted by Crippen LogP contribution is -2.69. The first-order valence-electron chi connectivity index (χ1n) is 5.66. The van der Waals surface area contributed by atoms with Crippen LogP contribution in [0.3, 0.4) is 0 Å². The number of primary amides is 1. The van der Waals surface area contributed by atoms with Crippen molar-refractivity contribution in [1.29, 1.82) is 0 Å². The number of likely N-dealkylation sites (tertiary alicyclic amines) is 1. The number of aliphatic hydroxyl groups is 1. The fourth-order valence-corrected chi connectivity index (χ4v) is 2.77. The highest BCUT2D eigenvalue weighted by atomic mass is 16.3. The predicted octanol–water partition coefficient (Wildman–Crippen LogP) is -0.827. The van der Waals surface area contributed by atoms with Crippen LogP contribution in [0.5, 0.6) is 0 Å². The third-order valence-corrected chi connectivity index (χ3v) is 3.67. The van der Waals surface area contributed by atoms with Crippen molar-refractivity contribution in [2.75, 3.05) is 13.1 Å². The minimum Gasteiger partial charge on any atom is -0.391 e. The first-order chi connectivity index (χ1) is 7.48. The monoisotopic (exact) mass is 225 g/mol. The first-order valence-corrected chi connectivity index (χ1v) is 5.66. The summed E-state index contributed by atoms with van der Waals surface area (Å²) in [4.78, 5) is 13.1. The fraction of sp³-hybridized carbons (Fsp3) is 0.727. The Hall–Kier alpha value is -1.07. The van der Waals surface area contributed by atoms with Crippen LogP contribution < -0.4 is 11.1 Å². The minimum absolute atomic E-state index is 0.0391. The van der Waals surface area contributed by atoms with E-state index in [1.807, 2.05) is 4.90 Å². The largest absolute Gasteiger partial charge is 0.391 e. The van der Waals surface area contributed by atoms with Crippen LogP contribution in [0.25, 0.3) is 0 Å². The molecular weight excluding hydrogens is 206 g/mol. The zero-order valence-corrected chi connectivity index (χ0v) is 9.57. The summed E-state index contributed by atoms with van der Waals surface area (Å²) >= 11 is 0. The molecule has 0 bridgehead atoms. The standard InChI is InChI=1S/C11H19N3O2/c1-7(15)9(10(12)16)14-6-11(8(14)2)4-3-5-13-11/h7,9,13,15H,2-6H2,1H3,(H2,12,16)/t7-,9+,11?/m1/s1. The van der Waals surface area contributed by atoms with Crippen molar-refractivity contribution in [3.05, 3.63) is 12.3 Å². The Kier molecular flexibility index (Phi) is 2.67. The van der Waals surface area contributed by atoms with Crippen LogP contribution >= 0.6 is 0 Å². The van der Waals surface area contributed by atoms with Crippen LogP contribution in [-0.4, -0.2) is 46.7 Å². The molecule has 5 nitrogen and oxygen atoms in total. The lowest BCUT2D eigenvalue weighted by molar-refractivity contribution is -0.128. The van der Waals surface area contributed by atoms with Crippen molar-refractivity contribution >= 4 is 5.91 Å². The third kappa shape index (κ3) is 1.51. The summed E-state index contributed by atoms with van der Waals surface area (Å²) in [7, 11) is 0. The van der Waals surface area contributed by atoms with Crippen LogP contribution in [0.4, 0.5) is 0 Å². The number of nitrogens with zero attached hydrogens (tertiary/aromatic N) is 1. The van der Waals surface area contributed by atoms with E-state index in [0.29, 0.717) is 6.54 Å². The van der Waals surface area contributed by atoms with Crippen LogP contribution in [0.15, 0.2) is 12.3 Å². The first kappa shape index (κ1) is 11.4. The normalized spacial score (nSPS) is 32.6. The molecule has 0 aromatic heterocycles. The molecule has 3 atom stereocenters. The van der Waals surface area contributed by atoms with E-state index in [9.17, 15) is 9.90 Å². The van der Waals surface area contributed by atoms with Crippen LogP contribution in [0.2, 0.25) is 0 Å². The van der Waals surface area contributed by atoms with Gasteiger partial charge in [0.25, 0.3) is 0 Å². The molecule has 4 N–H and O–H groups in total. The summed E-state index contributed by atoms with van der Waals surface area (Å²) in [6, 6.07) is -0.652. The van der Waals surface area contributed by atoms with Gasteiger partial charge in [-0.15, -0.1) is 0 Å². The van der Waals surface area contributed by atoms with Crippen LogP contribution in [0, 0.1) is 0 Å². The van der Waals surface area contributed by atoms with E-state index in [1.165, 1.54) is 0 Å². The van der Waals surface area contributed by atoms with Gasteiger partial charge in [0.15, 0.2) is 0 Å². The molecule has 90 valence electrons. The maximum Gasteiger partial charge on any atom is 0.242 e. The number of carbonyl (C=O) groups is 1. The van der Waals surface area contributed by atoms with Gasteiger partial charge in [0.1, 0.15) is 6.04 Å². The van der Waals surface area contributed by atoms with Crippen LogP contribution in [0.1, 0.15) is 19.8 Å². The third-order valence-electron chi connectivity index (χ3n) is 3.67. The Morgan fingerprint density at radius 2 is 2.44 bits per heavy atom. The second-order valence-electron chi connectivity index (χ2n) is 4.77. The Bertz CT molecular complexity index is 321. The van der Waals surface area contributed by atoms with Crippen molar-refractivity contribution in [2.24, 2.45) is 5.73 Å². The van der Waals surface area contributed by atoms with Gasteiger partial charge in [-0.3, -0.25) is 4.79 Å². The number of rotatable bonds is 3. The number of nitrogens with two attached hydrogens (primary N) is 1. The molecule has 5 heteroatoms. The molecule has 0 radical (unpaired) electrons. The van der Waals surface area contributed by atoms with Gasteiger partial charge in [-0.05, 0) is 26.3 Å². The molecule has 0 saturated carbocycles. The van der Waals surface area contributed by atoms with E-state index in [4.69, 9.17) is 5.73 Å². The van der Waals surface area contributed by atoms with E-state index in [1.54, 1.807) is 6.92 Å². The Labute approximate surface area is 95.3 Å². The van der Waals surface area contributed by atoms with E-state index < -0.39 is 18.1 Å². The second kappa shape index (κ2) is 3.75. The number of hydrogen-bond donors (Lipinski definition) is 3. The SMILES string of the molecule is C=C1N([C@H](C(N)=O)[C@@H](C)O)CC12CCCN2. The average molecular weight is 225 g/mol. The Balaban J connectivity index is 2.08. The summed E-state index contributed by atoms with van der Waals surface area (Å²) in [6.07, 6.45) is 1.41. The minimum atomic E-state index is -0.770. The van der Waals surface area contributed by atoms with E-state index in [-0.39, 0.29) is 5.54 Å². The summed E-state index contributed by atoms with van der Waals surface area (Å²) in [6.45, 7) is 7.29. The number of nitrogens with one attached hydrogen (secondary N) is 1. The maximum atomic E-state index is 11.3. The summed E-state index contributed by atoms with van der Waals surface area (Å²) in [5.41, 5.74) is 6.14. The van der Waals surface area contributed by atoms with Gasteiger partial charge in [0.05, 0.1) is 11.6 Å². The number of carbonyl (C=O) groups excluding carboxylic acids is 1. The molecule has 2 fully saturated rings. The molecule has 2 heterocycles. The number of aliphatic hydroxyl groups excluding tert-OH is 1. The van der Waals surface area contributed by atoms with Gasteiger partial charge >= 0.3 is 0 Å². The zero-order chi connectivity index (χ0) is 11.9. The van der Waals surface area contributed by atoms with E-state index in [0.717, 1.165) is 25.1 Å². The van der Waals surface area contributed by atoms with Crippen molar-refractivity contribution in [1.82, 2.24) is 10.2 Å². The van der Waals surface area contributed by atoms with E-state index in [2.05, 4.69) is 11.9 Å². The van der Waals surface area contributed by atoms with Crippen LogP contribution in [-0.2, 0) is 4.79 Å². The second-order valence-corrected chi connectivity index (χ2v) is 4.77. The van der Waals surface area contributed by atoms with Gasteiger partial charge in [-0.25, -0.2) is 0 Å². The predicted molar refractivity (Wildman–Crippen MR) is 60.5 cm³/mol. The maximum absolute atomic E-state index is 11.3. The molecule has 2 rings (SSSR count). The smallest absolute Gasteiger partial charge is 0.242 e. The molecule has 1 unspecified atom stereocenters. The molecule has 2 saturated heterocycles. The van der Waals surface area contributed by atoms with Crippen molar-refractivity contribution < 1.29 is 9.90 Å². The van der Waals surface area contributed by atoms with Crippen molar-refractivity contribution in [2.45, 2.75) is 37.5 Å². The molecule has 2 aliphatic heterocycles. The Morgan fingerprint density at radius 3 is 2.81 bits per heavy atom. The highest BCUT2D eigenvalue weighted by molar-refractivity contribution is 5.81. The van der Waals surface area contributed by atoms with Gasteiger partial charge in [0, 0.05) is 12.2 Å². The number of amides is 1. The van der Waals surface area contributed by atoms with E-state index >= 15 is 0 Å². The van der Waals surface area contributed by atoms with Crippen molar-refractivity contribution in [3.8, 4) is 0 Å². The average Bonchev–Trinajstić information content (AvgIpc) is 2.67. The zero-order valence-electron chi connectivity index (χ0n) is 9.57. The molecule has 1 spiro atoms. The highest BCUT2D eigenvalue weighted by Crippen LogP contribution is 2.40. The van der Waals surface area contributed by atoms with Crippen molar-refractivity contribution in [3.63, 3.8) is 0 Å². The Morgan fingerprint density at radius 1 is 1.75 bits per heavy atom. The molecule has 0 aromatic rings. The summed E-state index contributed by atoms with van der Waals surface area (Å²) in [5, 5.41) is 13.0.